The third-order valence-electron chi connectivity index (χ3n) is 3.68. The lowest BCUT2D eigenvalue weighted by Crippen LogP contribution is -2.35. The van der Waals surface area contributed by atoms with E-state index in [-0.39, 0.29) is 10.7 Å². The van der Waals surface area contributed by atoms with Gasteiger partial charge in [-0.2, -0.15) is 0 Å². The maximum absolute atomic E-state index is 12.0. The van der Waals surface area contributed by atoms with E-state index in [2.05, 4.69) is 19.9 Å². The number of aromatic amines is 1. The summed E-state index contributed by atoms with van der Waals surface area (Å²) in [7, 11) is -3.55. The first kappa shape index (κ1) is 16.1. The molecule has 0 bridgehead atoms. The molecule has 7 nitrogen and oxygen atoms in total. The van der Waals surface area contributed by atoms with E-state index in [1.165, 1.54) is 0 Å². The smallest absolute Gasteiger partial charge is 0.255 e. The third kappa shape index (κ3) is 3.60. The minimum absolute atomic E-state index is 0.281. The number of aromatic nitrogens is 3. The second-order valence-electron chi connectivity index (χ2n) is 5.52. The molecule has 3 rings (SSSR count). The zero-order valence-electron chi connectivity index (χ0n) is 12.4. The quantitative estimate of drug-likeness (QED) is 0.646. The van der Waals surface area contributed by atoms with Crippen molar-refractivity contribution >= 4 is 21.4 Å². The minimum Gasteiger partial charge on any atom is -0.297 e. The highest BCUT2D eigenvalue weighted by Crippen LogP contribution is 2.17. The maximum atomic E-state index is 12.0. The predicted octanol–water partition coefficient (Wildman–Crippen LogP) is 0.780. The van der Waals surface area contributed by atoms with E-state index in [1.54, 1.807) is 12.3 Å². The normalized spacial score (nSPS) is 15.4. The molecule has 9 heteroatoms. The molecule has 0 spiro atoms. The van der Waals surface area contributed by atoms with Crippen LogP contribution in [0.2, 0.25) is 5.15 Å². The van der Waals surface area contributed by atoms with Crippen molar-refractivity contribution in [2.24, 2.45) is 0 Å². The molecule has 122 valence electrons. The predicted molar refractivity (Wildman–Crippen MR) is 85.0 cm³/mol. The van der Waals surface area contributed by atoms with Crippen molar-refractivity contribution in [3.05, 3.63) is 50.7 Å². The largest absolute Gasteiger partial charge is 0.297 e. The topological polar surface area (TPSA) is 96.0 Å². The number of fused-ring (bicyclic) bond motifs is 1. The molecule has 0 fully saturated rings. The molecule has 2 aromatic heterocycles. The van der Waals surface area contributed by atoms with Crippen LogP contribution in [-0.4, -0.2) is 41.1 Å². The molecule has 1 aliphatic heterocycles. The van der Waals surface area contributed by atoms with Crippen LogP contribution in [-0.2, 0) is 29.3 Å². The number of nitrogens with one attached hydrogen (secondary N) is 1. The van der Waals surface area contributed by atoms with Crippen LogP contribution in [0.3, 0.4) is 0 Å². The van der Waals surface area contributed by atoms with Gasteiger partial charge in [-0.05, 0) is 18.1 Å². The molecule has 0 radical (unpaired) electrons. The lowest BCUT2D eigenvalue weighted by atomic mass is 10.1. The molecule has 0 unspecified atom stereocenters. The number of hydrogen-bond acceptors (Lipinski definition) is 6. The molecule has 0 aromatic carbocycles. The van der Waals surface area contributed by atoms with Crippen molar-refractivity contribution in [2.75, 3.05) is 12.8 Å². The average Bonchev–Trinajstić information content (AvgIpc) is 2.48. The van der Waals surface area contributed by atoms with Crippen LogP contribution in [0.4, 0.5) is 0 Å². The summed E-state index contributed by atoms with van der Waals surface area (Å²) in [6, 6.07) is 3.61. The van der Waals surface area contributed by atoms with Gasteiger partial charge in [-0.1, -0.05) is 17.7 Å². The lowest BCUT2D eigenvalue weighted by molar-refractivity contribution is 0.239. The van der Waals surface area contributed by atoms with E-state index in [9.17, 15) is 13.2 Å². The third-order valence-corrected chi connectivity index (χ3v) is 4.80. The van der Waals surface area contributed by atoms with Gasteiger partial charge in [0, 0.05) is 37.7 Å². The van der Waals surface area contributed by atoms with Gasteiger partial charge in [0.2, 0.25) is 15.0 Å². The Morgan fingerprint density at radius 3 is 2.83 bits per heavy atom. The Morgan fingerprint density at radius 2 is 2.17 bits per heavy atom. The number of H-pyrrole nitrogens is 1. The van der Waals surface area contributed by atoms with Crippen molar-refractivity contribution in [3.8, 4) is 0 Å². The summed E-state index contributed by atoms with van der Waals surface area (Å²) in [6.07, 6.45) is 3.26. The van der Waals surface area contributed by atoms with E-state index in [1.807, 2.05) is 6.07 Å². The molecule has 0 saturated heterocycles. The summed E-state index contributed by atoms with van der Waals surface area (Å²) in [4.78, 5) is 24.6. The summed E-state index contributed by atoms with van der Waals surface area (Å²) < 4.78 is 23.2. The molecular weight excluding hydrogens is 340 g/mol. The Labute approximate surface area is 138 Å². The number of hydrogen-bond donors (Lipinski definition) is 1. The van der Waals surface area contributed by atoms with E-state index < -0.39 is 9.84 Å². The Kier molecular flexibility index (Phi) is 4.22. The van der Waals surface area contributed by atoms with Gasteiger partial charge in [-0.3, -0.25) is 14.7 Å². The molecule has 2 aromatic rings. The second kappa shape index (κ2) is 6.03. The van der Waals surface area contributed by atoms with Gasteiger partial charge in [0.1, 0.15) is 5.15 Å². The van der Waals surface area contributed by atoms with Crippen LogP contribution in [0.25, 0.3) is 0 Å². The van der Waals surface area contributed by atoms with E-state index in [4.69, 9.17) is 11.6 Å². The number of halogens is 1. The molecule has 1 N–H and O–H groups in total. The highest BCUT2D eigenvalue weighted by molar-refractivity contribution is 7.90. The molecular formula is C14H15ClN4O3S. The minimum atomic E-state index is -3.55. The monoisotopic (exact) mass is 354 g/mol. The Balaban J connectivity index is 1.86. The molecule has 3 heterocycles. The highest BCUT2D eigenvalue weighted by Gasteiger charge is 2.23. The van der Waals surface area contributed by atoms with Crippen LogP contribution in [0, 0.1) is 0 Å². The summed E-state index contributed by atoms with van der Waals surface area (Å²) in [5, 5.41) is 0.153. The number of rotatable bonds is 3. The average molecular weight is 355 g/mol. The van der Waals surface area contributed by atoms with Crippen molar-refractivity contribution in [2.45, 2.75) is 24.7 Å². The summed E-state index contributed by atoms with van der Waals surface area (Å²) >= 11 is 5.77. The second-order valence-corrected chi connectivity index (χ2v) is 7.84. The fourth-order valence-corrected chi connectivity index (χ4v) is 3.21. The van der Waals surface area contributed by atoms with Gasteiger partial charge in [0.05, 0.1) is 5.69 Å². The number of sulfone groups is 1. The summed E-state index contributed by atoms with van der Waals surface area (Å²) in [5.41, 5.74) is 1.69. The molecule has 1 aliphatic rings. The van der Waals surface area contributed by atoms with E-state index in [0.29, 0.717) is 42.5 Å². The van der Waals surface area contributed by atoms with Crippen LogP contribution in [0.15, 0.2) is 28.3 Å². The Hall–Kier alpha value is -1.77. The fraction of sp³-hybridized carbons (Fsp3) is 0.357. The van der Waals surface area contributed by atoms with Gasteiger partial charge in [-0.25, -0.2) is 18.4 Å². The zero-order chi connectivity index (χ0) is 16.6. The van der Waals surface area contributed by atoms with Gasteiger partial charge < -0.3 is 0 Å². The summed E-state index contributed by atoms with van der Waals surface area (Å²) in [5.74, 6) is 0. The molecule has 0 amide bonds. The highest BCUT2D eigenvalue weighted by atomic mass is 35.5. The standard InChI is InChI=1S/C14H15ClN4O3S/c1-23(21,22)14-17-11-8-19(5-4-10(11)13(20)18-14)7-9-2-3-12(15)16-6-9/h2-3,6H,4-5,7-8H2,1H3,(H,17,18,20). The van der Waals surface area contributed by atoms with Crippen LogP contribution >= 0.6 is 11.6 Å². The van der Waals surface area contributed by atoms with Crippen LogP contribution in [0.1, 0.15) is 16.8 Å². The molecule has 0 aliphatic carbocycles. The zero-order valence-corrected chi connectivity index (χ0v) is 14.0. The van der Waals surface area contributed by atoms with Crippen LogP contribution in [0.5, 0.6) is 0 Å². The first-order valence-corrected chi connectivity index (χ1v) is 9.25. The maximum Gasteiger partial charge on any atom is 0.255 e. The van der Waals surface area contributed by atoms with E-state index >= 15 is 0 Å². The lowest BCUT2D eigenvalue weighted by Gasteiger charge is -2.27. The fourth-order valence-electron chi connectivity index (χ4n) is 2.54. The number of nitrogens with zero attached hydrogens (tertiary/aromatic N) is 3. The first-order valence-electron chi connectivity index (χ1n) is 6.98. The van der Waals surface area contributed by atoms with Crippen molar-refractivity contribution in [3.63, 3.8) is 0 Å². The Morgan fingerprint density at radius 1 is 1.39 bits per heavy atom. The molecule has 0 saturated carbocycles. The number of pyridine rings is 1. The molecule has 23 heavy (non-hydrogen) atoms. The molecule has 0 atom stereocenters. The van der Waals surface area contributed by atoms with Gasteiger partial charge in [-0.15, -0.1) is 0 Å². The first-order chi connectivity index (χ1) is 10.8. The SMILES string of the molecule is CS(=O)(=O)c1nc2c(c(=O)[nH]1)CCN(Cc1ccc(Cl)nc1)C2. The Bertz CT molecular complexity index is 893. The van der Waals surface area contributed by atoms with Crippen molar-refractivity contribution in [1.82, 2.24) is 19.9 Å². The van der Waals surface area contributed by atoms with E-state index in [0.717, 1.165) is 11.8 Å². The van der Waals surface area contributed by atoms with Crippen molar-refractivity contribution < 1.29 is 8.42 Å². The van der Waals surface area contributed by atoms with Crippen LogP contribution < -0.4 is 5.56 Å². The summed E-state index contributed by atoms with van der Waals surface area (Å²) in [6.45, 7) is 1.75. The van der Waals surface area contributed by atoms with Gasteiger partial charge in [0.15, 0.2) is 0 Å². The van der Waals surface area contributed by atoms with Crippen molar-refractivity contribution in [1.29, 1.82) is 0 Å². The van der Waals surface area contributed by atoms with Gasteiger partial charge in [0.25, 0.3) is 5.56 Å². The van der Waals surface area contributed by atoms with Gasteiger partial charge >= 0.3 is 0 Å².